The second-order valence-electron chi connectivity index (χ2n) is 4.12. The van der Waals surface area contributed by atoms with E-state index in [-0.39, 0.29) is 0 Å². The molecular weight excluding hydrogens is 262 g/mol. The first-order chi connectivity index (χ1) is 9.13. The van der Waals surface area contributed by atoms with Gasteiger partial charge in [-0.2, -0.15) is 4.98 Å². The Morgan fingerprint density at radius 3 is 2.79 bits per heavy atom. The zero-order valence-electron chi connectivity index (χ0n) is 11.0. The molecule has 0 fully saturated rings. The fourth-order valence-electron chi connectivity index (χ4n) is 1.78. The molecule has 0 unspecified atom stereocenters. The Morgan fingerprint density at radius 2 is 2.11 bits per heavy atom. The molecule has 2 rings (SSSR count). The normalized spacial score (nSPS) is 10.5. The van der Waals surface area contributed by atoms with Crippen LogP contribution in [0.1, 0.15) is 24.0 Å². The van der Waals surface area contributed by atoms with Gasteiger partial charge in [0.05, 0.1) is 0 Å². The molecule has 0 atom stereocenters. The lowest BCUT2D eigenvalue weighted by Gasteiger charge is -2.11. The maximum Gasteiger partial charge on any atom is 0.222 e. The molecule has 0 radical (unpaired) electrons. The Balaban J connectivity index is 2.36. The number of halogens is 1. The predicted octanol–water partition coefficient (Wildman–Crippen LogP) is 3.25. The number of aromatic nitrogens is 2. The summed E-state index contributed by atoms with van der Waals surface area (Å²) in [6, 6.07) is 7.27. The maximum atomic E-state index is 6.09. The highest BCUT2D eigenvalue weighted by atomic mass is 35.5. The van der Waals surface area contributed by atoms with Crippen molar-refractivity contribution in [3.63, 3.8) is 0 Å². The van der Waals surface area contributed by atoms with Crippen molar-refractivity contribution in [3.8, 4) is 11.6 Å². The van der Waals surface area contributed by atoms with Crippen LogP contribution in [0.3, 0.4) is 0 Å². The van der Waals surface area contributed by atoms with Crippen molar-refractivity contribution in [2.45, 2.75) is 26.8 Å². The van der Waals surface area contributed by atoms with E-state index in [9.17, 15) is 0 Å². The number of benzene rings is 1. The SMILES string of the molecule is CCc1cc(Oc2cccc(Cl)c2CN)nc(C)n1. The highest BCUT2D eigenvalue weighted by Crippen LogP contribution is 2.29. The van der Waals surface area contributed by atoms with Crippen molar-refractivity contribution >= 4 is 11.6 Å². The van der Waals surface area contributed by atoms with Crippen LogP contribution in [0.25, 0.3) is 0 Å². The highest BCUT2D eigenvalue weighted by molar-refractivity contribution is 6.31. The van der Waals surface area contributed by atoms with Crippen molar-refractivity contribution in [3.05, 3.63) is 46.4 Å². The third-order valence-electron chi connectivity index (χ3n) is 2.72. The zero-order chi connectivity index (χ0) is 13.8. The van der Waals surface area contributed by atoms with E-state index in [1.54, 1.807) is 6.07 Å². The number of rotatable bonds is 4. The van der Waals surface area contributed by atoms with E-state index in [1.807, 2.05) is 32.0 Å². The smallest absolute Gasteiger partial charge is 0.222 e. The van der Waals surface area contributed by atoms with Gasteiger partial charge in [0, 0.05) is 28.9 Å². The molecule has 0 spiro atoms. The molecule has 0 bridgehead atoms. The Morgan fingerprint density at radius 1 is 1.32 bits per heavy atom. The van der Waals surface area contributed by atoms with Crippen LogP contribution in [0.15, 0.2) is 24.3 Å². The number of nitrogens with two attached hydrogens (primary N) is 1. The van der Waals surface area contributed by atoms with Gasteiger partial charge >= 0.3 is 0 Å². The number of ether oxygens (including phenoxy) is 1. The second kappa shape index (κ2) is 5.99. The summed E-state index contributed by atoms with van der Waals surface area (Å²) in [5.41, 5.74) is 7.41. The van der Waals surface area contributed by atoms with E-state index in [1.165, 1.54) is 0 Å². The van der Waals surface area contributed by atoms with E-state index in [0.717, 1.165) is 17.7 Å². The fourth-order valence-corrected chi connectivity index (χ4v) is 2.02. The number of nitrogens with zero attached hydrogens (tertiary/aromatic N) is 2. The van der Waals surface area contributed by atoms with Crippen LogP contribution in [0.5, 0.6) is 11.6 Å². The zero-order valence-corrected chi connectivity index (χ0v) is 11.7. The number of hydrogen-bond acceptors (Lipinski definition) is 4. The summed E-state index contributed by atoms with van der Waals surface area (Å²) in [5, 5.41) is 0.599. The van der Waals surface area contributed by atoms with Gasteiger partial charge in [-0.1, -0.05) is 24.6 Å². The average Bonchev–Trinajstić information content (AvgIpc) is 2.38. The second-order valence-corrected chi connectivity index (χ2v) is 4.53. The van der Waals surface area contributed by atoms with E-state index >= 15 is 0 Å². The van der Waals surface area contributed by atoms with Crippen molar-refractivity contribution in [1.82, 2.24) is 9.97 Å². The van der Waals surface area contributed by atoms with Crippen molar-refractivity contribution in [2.24, 2.45) is 5.73 Å². The van der Waals surface area contributed by atoms with Gasteiger partial charge in [-0.3, -0.25) is 0 Å². The largest absolute Gasteiger partial charge is 0.439 e. The standard InChI is InChI=1S/C14H16ClN3O/c1-3-10-7-14(18-9(2)17-10)19-13-6-4-5-12(15)11(13)8-16/h4-7H,3,8,16H2,1-2H3. The van der Waals surface area contributed by atoms with Gasteiger partial charge in [-0.25, -0.2) is 4.98 Å². The van der Waals surface area contributed by atoms with Crippen LogP contribution in [-0.2, 0) is 13.0 Å². The quantitative estimate of drug-likeness (QED) is 0.932. The molecule has 1 aromatic carbocycles. The molecule has 4 nitrogen and oxygen atoms in total. The van der Waals surface area contributed by atoms with E-state index in [2.05, 4.69) is 9.97 Å². The van der Waals surface area contributed by atoms with Crippen molar-refractivity contribution < 1.29 is 4.74 Å². The Bertz CT molecular complexity index is 587. The predicted molar refractivity (Wildman–Crippen MR) is 75.6 cm³/mol. The first-order valence-electron chi connectivity index (χ1n) is 6.14. The lowest BCUT2D eigenvalue weighted by atomic mass is 10.2. The van der Waals surface area contributed by atoms with Crippen LogP contribution in [0.4, 0.5) is 0 Å². The molecule has 2 aromatic rings. The van der Waals surface area contributed by atoms with Gasteiger partial charge < -0.3 is 10.5 Å². The monoisotopic (exact) mass is 277 g/mol. The highest BCUT2D eigenvalue weighted by Gasteiger charge is 2.09. The molecule has 0 saturated carbocycles. The lowest BCUT2D eigenvalue weighted by Crippen LogP contribution is -2.02. The Labute approximate surface area is 117 Å². The molecule has 100 valence electrons. The van der Waals surface area contributed by atoms with E-state index in [4.69, 9.17) is 22.1 Å². The topological polar surface area (TPSA) is 61.0 Å². The number of hydrogen-bond donors (Lipinski definition) is 1. The molecule has 0 aliphatic carbocycles. The van der Waals surface area contributed by atoms with Crippen LogP contribution in [0.2, 0.25) is 5.02 Å². The molecule has 0 aliphatic rings. The van der Waals surface area contributed by atoms with Gasteiger partial charge in [0.2, 0.25) is 5.88 Å². The molecule has 19 heavy (non-hydrogen) atoms. The van der Waals surface area contributed by atoms with E-state index < -0.39 is 0 Å². The molecular formula is C14H16ClN3O. The summed E-state index contributed by atoms with van der Waals surface area (Å²) in [6.07, 6.45) is 0.832. The summed E-state index contributed by atoms with van der Waals surface area (Å²) in [7, 11) is 0. The summed E-state index contributed by atoms with van der Waals surface area (Å²) >= 11 is 6.09. The van der Waals surface area contributed by atoms with Gasteiger partial charge in [0.1, 0.15) is 11.6 Å². The van der Waals surface area contributed by atoms with Crippen LogP contribution in [-0.4, -0.2) is 9.97 Å². The maximum absolute atomic E-state index is 6.09. The summed E-state index contributed by atoms with van der Waals surface area (Å²) < 4.78 is 5.79. The molecule has 0 saturated heterocycles. The molecule has 1 aromatic heterocycles. The molecule has 0 aliphatic heterocycles. The van der Waals surface area contributed by atoms with Gasteiger partial charge in [0.25, 0.3) is 0 Å². The lowest BCUT2D eigenvalue weighted by molar-refractivity contribution is 0.453. The minimum atomic E-state index is 0.319. The Kier molecular flexibility index (Phi) is 4.35. The molecule has 2 N–H and O–H groups in total. The van der Waals surface area contributed by atoms with Crippen molar-refractivity contribution in [2.75, 3.05) is 0 Å². The Hall–Kier alpha value is -1.65. The molecule has 5 heteroatoms. The van der Waals surface area contributed by atoms with Gasteiger partial charge in [-0.05, 0) is 25.5 Å². The van der Waals surface area contributed by atoms with Crippen molar-refractivity contribution in [1.29, 1.82) is 0 Å². The summed E-state index contributed by atoms with van der Waals surface area (Å²) in [5.74, 6) is 1.84. The van der Waals surface area contributed by atoms with Gasteiger partial charge in [-0.15, -0.1) is 0 Å². The summed E-state index contributed by atoms with van der Waals surface area (Å²) in [4.78, 5) is 8.58. The molecule has 1 heterocycles. The average molecular weight is 278 g/mol. The number of aryl methyl sites for hydroxylation is 2. The molecule has 0 amide bonds. The van der Waals surface area contributed by atoms with Crippen LogP contribution >= 0.6 is 11.6 Å². The van der Waals surface area contributed by atoms with Crippen LogP contribution < -0.4 is 10.5 Å². The van der Waals surface area contributed by atoms with E-state index in [0.29, 0.717) is 29.0 Å². The third kappa shape index (κ3) is 3.22. The van der Waals surface area contributed by atoms with Crippen LogP contribution in [0, 0.1) is 6.92 Å². The first kappa shape index (κ1) is 13.8. The minimum absolute atomic E-state index is 0.319. The van der Waals surface area contributed by atoms with Gasteiger partial charge in [0.15, 0.2) is 0 Å². The first-order valence-corrected chi connectivity index (χ1v) is 6.51. The summed E-state index contributed by atoms with van der Waals surface area (Å²) in [6.45, 7) is 4.20. The minimum Gasteiger partial charge on any atom is -0.439 e. The fraction of sp³-hybridized carbons (Fsp3) is 0.286. The third-order valence-corrected chi connectivity index (χ3v) is 3.08.